The van der Waals surface area contributed by atoms with Gasteiger partial charge in [-0.05, 0) is 56.5 Å². The highest BCUT2D eigenvalue weighted by Crippen LogP contribution is 2.22. The summed E-state index contributed by atoms with van der Waals surface area (Å²) in [7, 11) is 0. The Balaban J connectivity index is 1.62. The van der Waals surface area contributed by atoms with E-state index in [0.29, 0.717) is 6.04 Å². The molecule has 0 saturated carbocycles. The zero-order valence-corrected chi connectivity index (χ0v) is 14.5. The molecule has 1 aromatic rings. The van der Waals surface area contributed by atoms with Gasteiger partial charge >= 0.3 is 0 Å². The predicted molar refractivity (Wildman–Crippen MR) is 93.6 cm³/mol. The van der Waals surface area contributed by atoms with Gasteiger partial charge in [0.2, 0.25) is 5.91 Å². The van der Waals surface area contributed by atoms with Gasteiger partial charge in [0.05, 0.1) is 0 Å². The Labute approximate surface area is 141 Å². The topological polar surface area (TPSA) is 23.6 Å². The van der Waals surface area contributed by atoms with Crippen LogP contribution in [0.3, 0.4) is 0 Å². The second kappa shape index (κ2) is 7.42. The van der Waals surface area contributed by atoms with E-state index < -0.39 is 0 Å². The lowest BCUT2D eigenvalue weighted by Crippen LogP contribution is -2.41. The summed E-state index contributed by atoms with van der Waals surface area (Å²) in [4.78, 5) is 17.1. The normalized spacial score (nSPS) is 22.8. The van der Waals surface area contributed by atoms with Crippen molar-refractivity contribution in [3.05, 3.63) is 40.4 Å². The molecule has 0 radical (unpaired) electrons. The van der Waals surface area contributed by atoms with E-state index in [-0.39, 0.29) is 5.91 Å². The minimum absolute atomic E-state index is 0.150. The molecule has 3 rings (SSSR count). The molecule has 0 bridgehead atoms. The number of benzene rings is 1. The van der Waals surface area contributed by atoms with E-state index in [9.17, 15) is 4.79 Å². The van der Waals surface area contributed by atoms with Crippen molar-refractivity contribution >= 4 is 27.9 Å². The average Bonchev–Trinajstić information content (AvgIpc) is 3.18. The van der Waals surface area contributed by atoms with Gasteiger partial charge in [-0.1, -0.05) is 34.1 Å². The molecule has 2 fully saturated rings. The fourth-order valence-corrected chi connectivity index (χ4v) is 3.86. The molecular weight excluding hydrogens is 340 g/mol. The molecule has 2 heterocycles. The second-order valence-corrected chi connectivity index (χ2v) is 7.04. The van der Waals surface area contributed by atoms with Crippen LogP contribution < -0.4 is 0 Å². The van der Waals surface area contributed by atoms with E-state index in [1.54, 1.807) is 6.08 Å². The maximum absolute atomic E-state index is 12.5. The molecule has 2 aliphatic rings. The summed E-state index contributed by atoms with van der Waals surface area (Å²) < 4.78 is 1.02. The van der Waals surface area contributed by atoms with Crippen LogP contribution >= 0.6 is 15.9 Å². The smallest absolute Gasteiger partial charge is 0.246 e. The summed E-state index contributed by atoms with van der Waals surface area (Å²) >= 11 is 3.52. The Morgan fingerprint density at radius 3 is 2.73 bits per heavy atom. The summed E-state index contributed by atoms with van der Waals surface area (Å²) in [5.41, 5.74) is 1.05. The van der Waals surface area contributed by atoms with E-state index in [1.807, 2.05) is 30.3 Å². The van der Waals surface area contributed by atoms with Crippen molar-refractivity contribution in [2.24, 2.45) is 0 Å². The van der Waals surface area contributed by atoms with Gasteiger partial charge in [-0.15, -0.1) is 0 Å². The Kier molecular flexibility index (Phi) is 5.32. The molecule has 1 aromatic carbocycles. The van der Waals surface area contributed by atoms with Crippen molar-refractivity contribution in [3.8, 4) is 0 Å². The van der Waals surface area contributed by atoms with Crippen molar-refractivity contribution in [1.82, 2.24) is 9.80 Å². The molecular formula is C18H23BrN2O. The minimum atomic E-state index is 0.150. The fraction of sp³-hybridized carbons (Fsp3) is 0.500. The lowest BCUT2D eigenvalue weighted by atomic mass is 10.2. The third-order valence-corrected chi connectivity index (χ3v) is 5.36. The quantitative estimate of drug-likeness (QED) is 0.764. The Bertz CT molecular complexity index is 552. The molecule has 2 saturated heterocycles. The van der Waals surface area contributed by atoms with Gasteiger partial charge in [0.1, 0.15) is 0 Å². The van der Waals surface area contributed by atoms with Gasteiger partial charge in [0, 0.05) is 29.7 Å². The van der Waals surface area contributed by atoms with E-state index >= 15 is 0 Å². The molecule has 0 aliphatic carbocycles. The van der Waals surface area contributed by atoms with Gasteiger partial charge in [-0.25, -0.2) is 0 Å². The summed E-state index contributed by atoms with van der Waals surface area (Å²) in [6.07, 6.45) is 8.53. The molecule has 0 aromatic heterocycles. The zero-order chi connectivity index (χ0) is 15.4. The lowest BCUT2D eigenvalue weighted by molar-refractivity contribution is -0.127. The molecule has 1 atom stereocenters. The standard InChI is InChI=1S/C18H23BrN2O/c19-17-8-2-1-6-15(17)9-10-18(22)21-13-5-7-16(21)14-20-11-3-4-12-20/h1-2,6,8-10,16H,3-5,7,11-14H2/b10-9+. The van der Waals surface area contributed by atoms with Crippen molar-refractivity contribution < 1.29 is 4.79 Å². The van der Waals surface area contributed by atoms with Gasteiger partial charge in [-0.3, -0.25) is 4.79 Å². The number of hydrogen-bond acceptors (Lipinski definition) is 2. The van der Waals surface area contributed by atoms with E-state index in [1.165, 1.54) is 25.9 Å². The predicted octanol–water partition coefficient (Wildman–Crippen LogP) is 3.55. The first-order chi connectivity index (χ1) is 10.7. The highest BCUT2D eigenvalue weighted by molar-refractivity contribution is 9.10. The van der Waals surface area contributed by atoms with E-state index in [0.717, 1.165) is 36.0 Å². The summed E-state index contributed by atoms with van der Waals surface area (Å²) in [5, 5.41) is 0. The first-order valence-corrected chi connectivity index (χ1v) is 8.99. The Morgan fingerprint density at radius 2 is 1.95 bits per heavy atom. The van der Waals surface area contributed by atoms with Crippen LogP contribution in [-0.2, 0) is 4.79 Å². The average molecular weight is 363 g/mol. The first-order valence-electron chi connectivity index (χ1n) is 8.19. The molecule has 22 heavy (non-hydrogen) atoms. The molecule has 4 heteroatoms. The van der Waals surface area contributed by atoms with Gasteiger partial charge in [-0.2, -0.15) is 0 Å². The fourth-order valence-electron chi connectivity index (χ4n) is 3.45. The molecule has 2 aliphatic heterocycles. The van der Waals surface area contributed by atoms with Crippen LogP contribution in [-0.4, -0.2) is 47.9 Å². The van der Waals surface area contributed by atoms with Gasteiger partial charge < -0.3 is 9.80 Å². The van der Waals surface area contributed by atoms with Crippen LogP contribution in [0.25, 0.3) is 6.08 Å². The number of nitrogens with zero attached hydrogens (tertiary/aromatic N) is 2. The molecule has 1 unspecified atom stereocenters. The van der Waals surface area contributed by atoms with Gasteiger partial charge in [0.15, 0.2) is 0 Å². The van der Waals surface area contributed by atoms with Crippen LogP contribution in [0.4, 0.5) is 0 Å². The van der Waals surface area contributed by atoms with Crippen molar-refractivity contribution in [1.29, 1.82) is 0 Å². The maximum atomic E-state index is 12.5. The summed E-state index contributed by atoms with van der Waals surface area (Å²) in [6.45, 7) is 4.35. The summed E-state index contributed by atoms with van der Waals surface area (Å²) in [6, 6.07) is 8.38. The van der Waals surface area contributed by atoms with Crippen LogP contribution in [0.2, 0.25) is 0 Å². The van der Waals surface area contributed by atoms with Crippen molar-refractivity contribution in [2.75, 3.05) is 26.2 Å². The second-order valence-electron chi connectivity index (χ2n) is 6.19. The number of carbonyl (C=O) groups is 1. The van der Waals surface area contributed by atoms with Crippen molar-refractivity contribution in [2.45, 2.75) is 31.7 Å². The van der Waals surface area contributed by atoms with E-state index in [4.69, 9.17) is 0 Å². The van der Waals surface area contributed by atoms with Crippen molar-refractivity contribution in [3.63, 3.8) is 0 Å². The Morgan fingerprint density at radius 1 is 1.18 bits per heavy atom. The van der Waals surface area contributed by atoms with Crippen LogP contribution in [0.15, 0.2) is 34.8 Å². The third-order valence-electron chi connectivity index (χ3n) is 4.64. The first kappa shape index (κ1) is 15.8. The molecule has 0 N–H and O–H groups in total. The molecule has 0 spiro atoms. The number of amides is 1. The molecule has 118 valence electrons. The van der Waals surface area contributed by atoms with Crippen LogP contribution in [0.5, 0.6) is 0 Å². The largest absolute Gasteiger partial charge is 0.335 e. The number of rotatable bonds is 4. The Hall–Kier alpha value is -1.13. The number of carbonyl (C=O) groups excluding carboxylic acids is 1. The lowest BCUT2D eigenvalue weighted by Gasteiger charge is -2.27. The highest BCUT2D eigenvalue weighted by atomic mass is 79.9. The SMILES string of the molecule is O=C(/C=C/c1ccccc1Br)N1CCCC1CN1CCCC1. The van der Waals surface area contributed by atoms with Crippen LogP contribution in [0, 0.1) is 0 Å². The zero-order valence-electron chi connectivity index (χ0n) is 12.9. The van der Waals surface area contributed by atoms with E-state index in [2.05, 4.69) is 25.7 Å². The third kappa shape index (κ3) is 3.79. The van der Waals surface area contributed by atoms with Gasteiger partial charge in [0.25, 0.3) is 0 Å². The number of hydrogen-bond donors (Lipinski definition) is 0. The molecule has 3 nitrogen and oxygen atoms in total. The highest BCUT2D eigenvalue weighted by Gasteiger charge is 2.29. The summed E-state index contributed by atoms with van der Waals surface area (Å²) in [5.74, 6) is 0.150. The molecule has 1 amide bonds. The number of likely N-dealkylation sites (tertiary alicyclic amines) is 2. The number of halogens is 1. The minimum Gasteiger partial charge on any atom is -0.335 e. The van der Waals surface area contributed by atoms with Crippen LogP contribution in [0.1, 0.15) is 31.2 Å². The monoisotopic (exact) mass is 362 g/mol. The maximum Gasteiger partial charge on any atom is 0.246 e.